The Bertz CT molecular complexity index is 3510. The first kappa shape index (κ1) is 51.9. The highest BCUT2D eigenvalue weighted by Gasteiger charge is 2.28. The number of anilines is 4. The summed E-state index contributed by atoms with van der Waals surface area (Å²) < 4.78 is 125. The van der Waals surface area contributed by atoms with Crippen LogP contribution in [0.25, 0.3) is 10.8 Å². The molecule has 0 aliphatic rings. The van der Waals surface area contributed by atoms with Crippen molar-refractivity contribution in [2.24, 2.45) is 30.7 Å². The van der Waals surface area contributed by atoms with Crippen LogP contribution in [0.4, 0.5) is 56.9 Å². The number of carboxylic acid groups (broad SMARTS) is 1. The molecular formula is C42H43N11O13S4. The number of fused-ring (bicyclic) bond motifs is 1. The summed E-state index contributed by atoms with van der Waals surface area (Å²) in [7, 11) is -18.4. The summed E-state index contributed by atoms with van der Waals surface area (Å²) in [6.07, 6.45) is 1.88. The first-order valence-electron chi connectivity index (χ1n) is 20.4. The fourth-order valence-corrected chi connectivity index (χ4v) is 10.1. The average molecular weight is 1040 g/mol. The van der Waals surface area contributed by atoms with Gasteiger partial charge in [-0.15, -0.1) is 15.3 Å². The molecule has 0 spiro atoms. The SMILES string of the molecule is Nc1ccc(N=Nc2ccc(NS(=O)(=O)c3ccc(N=Nc4c(S(=O)(=O)O)cc5cc(S(=O)(=O)O)c(N=Nc6ccc(S(=O)(=O)CCNCCCCCC(=O)O)cc6)c(O)c5c4N)cc3)cc2)c(N)c1. The van der Waals surface area contributed by atoms with Crippen molar-refractivity contribution < 1.29 is 57.8 Å². The van der Waals surface area contributed by atoms with Gasteiger partial charge in [0, 0.05) is 24.3 Å². The summed E-state index contributed by atoms with van der Waals surface area (Å²) in [5.41, 5.74) is 17.3. The number of nitrogens with two attached hydrogens (primary N) is 3. The number of nitrogens with zero attached hydrogens (tertiary/aromatic N) is 6. The minimum Gasteiger partial charge on any atom is -0.505 e. The maximum Gasteiger partial charge on any atom is 0.303 e. The van der Waals surface area contributed by atoms with E-state index >= 15 is 0 Å². The number of hydrogen-bond donors (Lipinski definition) is 9. The van der Waals surface area contributed by atoms with Crippen LogP contribution >= 0.6 is 0 Å². The van der Waals surface area contributed by atoms with Crippen LogP contribution in [0, 0.1) is 0 Å². The zero-order valence-electron chi connectivity index (χ0n) is 36.3. The quantitative estimate of drug-likeness (QED) is 0.0143. The third-order valence-electron chi connectivity index (χ3n) is 9.98. The van der Waals surface area contributed by atoms with Gasteiger partial charge in [0.15, 0.2) is 15.6 Å². The largest absolute Gasteiger partial charge is 0.505 e. The number of phenolic OH excluding ortho intramolecular Hbond substituents is 1. The summed E-state index contributed by atoms with van der Waals surface area (Å²) in [5, 5.41) is 45.9. The number of rotatable bonds is 21. The van der Waals surface area contributed by atoms with E-state index in [1.807, 2.05) is 0 Å². The molecule has 0 amide bonds. The summed E-state index contributed by atoms with van der Waals surface area (Å²) in [5.74, 6) is -2.19. The lowest BCUT2D eigenvalue weighted by Gasteiger charge is -2.14. The zero-order chi connectivity index (χ0) is 51.0. The number of unbranched alkanes of at least 4 members (excludes halogenated alkanes) is 2. The number of carboxylic acids is 1. The first-order valence-corrected chi connectivity index (χ1v) is 26.4. The monoisotopic (exact) mass is 1040 g/mol. The predicted molar refractivity (Wildman–Crippen MR) is 259 cm³/mol. The minimum atomic E-state index is -5.24. The van der Waals surface area contributed by atoms with Crippen molar-refractivity contribution in [3.05, 3.63) is 103 Å². The van der Waals surface area contributed by atoms with Crippen LogP contribution in [-0.4, -0.2) is 77.8 Å². The third-order valence-corrected chi connectivity index (χ3v) is 14.8. The van der Waals surface area contributed by atoms with Crippen LogP contribution in [0.5, 0.6) is 5.75 Å². The number of azo groups is 3. The molecule has 0 aromatic heterocycles. The lowest BCUT2D eigenvalue weighted by atomic mass is 10.1. The fourth-order valence-electron chi connectivity index (χ4n) is 6.47. The number of sulfonamides is 1. The molecule has 24 nitrogen and oxygen atoms in total. The number of benzene rings is 6. The standard InChI is InChI=1S/C42H43N11O13S4/c43-26-5-18-34(33(44)24-26)50-47-27-6-8-30(9-7-27)53-68(59,60)32-16-12-29(13-17-32)48-51-40-35(69(61,62)63)22-25-23-36(70(64,65)66)41(42(56)38(25)39(40)45)52-49-28-10-14-31(15-11-28)67(57,58)21-20-46-19-3-1-2-4-37(54)55/h5-18,22-24,46,53,56H,1-4,19-21,43-45H2,(H,54,55)(H,61,62,63)(H,64,65,66). The average Bonchev–Trinajstić information content (AvgIpc) is 3.28. The Balaban J connectivity index is 1.21. The molecular weight excluding hydrogens is 995 g/mol. The number of nitrogen functional groups attached to an aromatic ring is 3. The van der Waals surface area contributed by atoms with Gasteiger partial charge in [-0.2, -0.15) is 32.2 Å². The molecule has 6 aromatic carbocycles. The van der Waals surface area contributed by atoms with Gasteiger partial charge < -0.3 is 32.7 Å². The van der Waals surface area contributed by atoms with E-state index in [4.69, 9.17) is 22.3 Å². The molecule has 0 aliphatic heterocycles. The third kappa shape index (κ3) is 13.2. The van der Waals surface area contributed by atoms with E-state index in [1.54, 1.807) is 12.1 Å². The second kappa shape index (κ2) is 21.4. The van der Waals surface area contributed by atoms with Crippen molar-refractivity contribution in [2.45, 2.75) is 45.3 Å². The van der Waals surface area contributed by atoms with Crippen molar-refractivity contribution >= 4 is 114 Å². The van der Waals surface area contributed by atoms with Gasteiger partial charge in [0.2, 0.25) is 0 Å². The Morgan fingerprint density at radius 1 is 0.586 bits per heavy atom. The number of aromatic hydroxyl groups is 1. The van der Waals surface area contributed by atoms with E-state index in [1.165, 1.54) is 66.7 Å². The van der Waals surface area contributed by atoms with Gasteiger partial charge in [0.1, 0.15) is 26.9 Å². The molecule has 0 aliphatic carbocycles. The lowest BCUT2D eigenvalue weighted by molar-refractivity contribution is -0.137. The predicted octanol–water partition coefficient (Wildman–Crippen LogP) is 7.84. The number of nitrogens with one attached hydrogen (secondary N) is 2. The second-order valence-electron chi connectivity index (χ2n) is 15.1. The van der Waals surface area contributed by atoms with Gasteiger partial charge >= 0.3 is 5.97 Å². The molecule has 0 saturated heterocycles. The van der Waals surface area contributed by atoms with Crippen LogP contribution in [0.2, 0.25) is 0 Å². The zero-order valence-corrected chi connectivity index (χ0v) is 39.5. The second-order valence-corrected chi connectivity index (χ2v) is 21.7. The molecule has 0 saturated carbocycles. The Kier molecular flexibility index (Phi) is 15.9. The number of phenols is 1. The molecule has 0 unspecified atom stereocenters. The molecule has 70 heavy (non-hydrogen) atoms. The molecule has 368 valence electrons. The van der Waals surface area contributed by atoms with E-state index in [0.29, 0.717) is 60.7 Å². The number of hydrogen-bond acceptors (Lipinski definition) is 20. The van der Waals surface area contributed by atoms with Crippen LogP contribution in [0.1, 0.15) is 25.7 Å². The maximum atomic E-state index is 13.2. The molecule has 6 aromatic rings. The topological polar surface area (TPSA) is 411 Å². The van der Waals surface area contributed by atoms with E-state index in [-0.39, 0.29) is 45.6 Å². The summed E-state index contributed by atoms with van der Waals surface area (Å²) in [6, 6.07) is 21.7. The first-order chi connectivity index (χ1) is 32.9. The van der Waals surface area contributed by atoms with Crippen LogP contribution in [0.15, 0.2) is 153 Å². The van der Waals surface area contributed by atoms with Gasteiger partial charge in [0.05, 0.1) is 49.4 Å². The number of sulfone groups is 1. The molecule has 0 fully saturated rings. The minimum absolute atomic E-state index is 0.0338. The smallest absolute Gasteiger partial charge is 0.303 e. The molecule has 12 N–H and O–H groups in total. The molecule has 0 heterocycles. The van der Waals surface area contributed by atoms with Crippen molar-refractivity contribution in [1.82, 2.24) is 5.32 Å². The Labute approximate surface area is 400 Å². The van der Waals surface area contributed by atoms with Gasteiger partial charge in [-0.3, -0.25) is 18.6 Å². The van der Waals surface area contributed by atoms with Gasteiger partial charge in [-0.1, -0.05) is 6.42 Å². The van der Waals surface area contributed by atoms with Crippen LogP contribution in [0.3, 0.4) is 0 Å². The van der Waals surface area contributed by atoms with E-state index < -0.39 is 89.4 Å². The lowest BCUT2D eigenvalue weighted by Crippen LogP contribution is -2.24. The summed E-state index contributed by atoms with van der Waals surface area (Å²) in [4.78, 5) is 8.27. The van der Waals surface area contributed by atoms with Crippen molar-refractivity contribution in [3.8, 4) is 5.75 Å². The Hall–Kier alpha value is -7.47. The van der Waals surface area contributed by atoms with Crippen molar-refractivity contribution in [2.75, 3.05) is 40.8 Å². The number of carbonyl (C=O) groups is 1. The Morgan fingerprint density at radius 2 is 1.11 bits per heavy atom. The van der Waals surface area contributed by atoms with E-state index in [9.17, 15) is 52.7 Å². The van der Waals surface area contributed by atoms with Gasteiger partial charge in [0.25, 0.3) is 30.3 Å². The molecule has 0 atom stereocenters. The highest BCUT2D eigenvalue weighted by molar-refractivity contribution is 7.92. The highest BCUT2D eigenvalue weighted by atomic mass is 32.2. The van der Waals surface area contributed by atoms with Crippen LogP contribution < -0.4 is 27.2 Å². The maximum absolute atomic E-state index is 13.2. The van der Waals surface area contributed by atoms with Crippen molar-refractivity contribution in [1.29, 1.82) is 0 Å². The fraction of sp³-hybridized carbons (Fsp3) is 0.167. The highest BCUT2D eigenvalue weighted by Crippen LogP contribution is 2.48. The summed E-state index contributed by atoms with van der Waals surface area (Å²) >= 11 is 0. The summed E-state index contributed by atoms with van der Waals surface area (Å²) in [6.45, 7) is 0.612. The molecule has 6 rings (SSSR count). The van der Waals surface area contributed by atoms with E-state index in [0.717, 1.165) is 12.1 Å². The molecule has 28 heteroatoms. The van der Waals surface area contributed by atoms with Crippen LogP contribution in [-0.2, 0) is 44.9 Å². The Morgan fingerprint density at radius 3 is 1.67 bits per heavy atom. The normalized spacial score (nSPS) is 12.7. The van der Waals surface area contributed by atoms with E-state index in [2.05, 4.69) is 40.7 Å². The van der Waals surface area contributed by atoms with Crippen molar-refractivity contribution in [3.63, 3.8) is 0 Å². The number of aliphatic carboxylic acids is 1. The molecule has 0 bridgehead atoms. The molecule has 0 radical (unpaired) electrons. The van der Waals surface area contributed by atoms with Gasteiger partial charge in [-0.05, 0) is 128 Å². The van der Waals surface area contributed by atoms with Gasteiger partial charge in [-0.25, -0.2) is 16.8 Å².